The molecule has 5 heteroatoms. The van der Waals surface area contributed by atoms with E-state index in [2.05, 4.69) is 29.4 Å². The van der Waals surface area contributed by atoms with E-state index < -0.39 is 0 Å². The van der Waals surface area contributed by atoms with Gasteiger partial charge < -0.3 is 10.1 Å². The number of Topliss-reactive ketones (excluding diaryl/α,β-unsaturated/α-hetero) is 1. The lowest BCUT2D eigenvalue weighted by Crippen LogP contribution is -2.33. The Hall–Kier alpha value is -2.56. The van der Waals surface area contributed by atoms with Gasteiger partial charge in [0.25, 0.3) is 0 Å². The van der Waals surface area contributed by atoms with Crippen LogP contribution >= 0.6 is 0 Å². The lowest BCUT2D eigenvalue weighted by atomic mass is 9.69. The maximum Gasteiger partial charge on any atom is 0.162 e. The summed E-state index contributed by atoms with van der Waals surface area (Å²) in [6.07, 6.45) is 1.43. The van der Waals surface area contributed by atoms with Crippen LogP contribution in [0.15, 0.2) is 35.5 Å². The fourth-order valence-electron chi connectivity index (χ4n) is 4.08. The molecule has 0 unspecified atom stereocenters. The number of rotatable bonds is 2. The SMILES string of the molecule is COc1ccc([C@H]2C3=C(CC(C)(C)CC3=O)Nc3n[nH]c(C)c32)cc1. The molecule has 2 heterocycles. The number of nitrogens with one attached hydrogen (secondary N) is 2. The predicted octanol–water partition coefficient (Wildman–Crippen LogP) is 3.93. The van der Waals surface area contributed by atoms with Gasteiger partial charge in [-0.1, -0.05) is 26.0 Å². The smallest absolute Gasteiger partial charge is 0.162 e. The molecule has 0 fully saturated rings. The number of fused-ring (bicyclic) bond motifs is 1. The predicted molar refractivity (Wildman–Crippen MR) is 96.8 cm³/mol. The summed E-state index contributed by atoms with van der Waals surface area (Å²) in [5.41, 5.74) is 5.02. The number of ketones is 1. The maximum atomic E-state index is 13.0. The fourth-order valence-corrected chi connectivity index (χ4v) is 4.08. The van der Waals surface area contributed by atoms with Crippen LogP contribution in [-0.4, -0.2) is 23.1 Å². The molecule has 1 aromatic heterocycles. The van der Waals surface area contributed by atoms with Crippen molar-refractivity contribution in [2.75, 3.05) is 12.4 Å². The van der Waals surface area contributed by atoms with E-state index in [4.69, 9.17) is 4.74 Å². The molecule has 1 atom stereocenters. The van der Waals surface area contributed by atoms with Gasteiger partial charge in [-0.05, 0) is 36.5 Å². The highest BCUT2D eigenvalue weighted by molar-refractivity contribution is 6.01. The molecule has 130 valence electrons. The second-order valence-electron chi connectivity index (χ2n) is 7.78. The molecule has 0 saturated heterocycles. The Morgan fingerprint density at radius 1 is 1.20 bits per heavy atom. The molecular weight excluding hydrogens is 314 g/mol. The highest BCUT2D eigenvalue weighted by Crippen LogP contribution is 2.49. The number of carbonyl (C=O) groups excluding carboxylic acids is 1. The normalized spacial score (nSPS) is 21.4. The zero-order valence-corrected chi connectivity index (χ0v) is 15.1. The quantitative estimate of drug-likeness (QED) is 0.871. The highest BCUT2D eigenvalue weighted by Gasteiger charge is 2.42. The van der Waals surface area contributed by atoms with E-state index in [1.807, 2.05) is 31.2 Å². The van der Waals surface area contributed by atoms with Gasteiger partial charge in [-0.25, -0.2) is 0 Å². The molecule has 0 radical (unpaired) electrons. The topological polar surface area (TPSA) is 67.0 Å². The summed E-state index contributed by atoms with van der Waals surface area (Å²) in [4.78, 5) is 13.0. The summed E-state index contributed by atoms with van der Waals surface area (Å²) in [7, 11) is 1.66. The van der Waals surface area contributed by atoms with Crippen molar-refractivity contribution in [2.45, 2.75) is 39.5 Å². The first-order valence-corrected chi connectivity index (χ1v) is 8.62. The van der Waals surface area contributed by atoms with Crippen molar-refractivity contribution >= 4 is 11.6 Å². The van der Waals surface area contributed by atoms with E-state index in [0.717, 1.165) is 46.1 Å². The molecule has 0 saturated carbocycles. The molecule has 2 aliphatic rings. The minimum Gasteiger partial charge on any atom is -0.497 e. The summed E-state index contributed by atoms with van der Waals surface area (Å²) >= 11 is 0. The summed E-state index contributed by atoms with van der Waals surface area (Å²) < 4.78 is 5.28. The molecule has 2 aromatic rings. The second-order valence-corrected chi connectivity index (χ2v) is 7.78. The van der Waals surface area contributed by atoms with Crippen LogP contribution in [-0.2, 0) is 4.79 Å². The third-order valence-electron chi connectivity index (χ3n) is 5.21. The Labute approximate surface area is 147 Å². The zero-order chi connectivity index (χ0) is 17.8. The van der Waals surface area contributed by atoms with Crippen molar-refractivity contribution in [1.82, 2.24) is 10.2 Å². The van der Waals surface area contributed by atoms with Crippen LogP contribution in [0.25, 0.3) is 0 Å². The minimum atomic E-state index is -0.0838. The number of benzene rings is 1. The van der Waals surface area contributed by atoms with Crippen LogP contribution in [0.2, 0.25) is 0 Å². The molecule has 0 bridgehead atoms. The van der Waals surface area contributed by atoms with E-state index in [1.54, 1.807) is 7.11 Å². The van der Waals surface area contributed by atoms with Crippen LogP contribution in [0.1, 0.15) is 49.4 Å². The summed E-state index contributed by atoms with van der Waals surface area (Å²) in [5.74, 6) is 1.79. The van der Waals surface area contributed by atoms with Crippen LogP contribution in [0.5, 0.6) is 5.75 Å². The van der Waals surface area contributed by atoms with Gasteiger partial charge in [-0.15, -0.1) is 0 Å². The van der Waals surface area contributed by atoms with Gasteiger partial charge in [-0.2, -0.15) is 5.10 Å². The number of ether oxygens (including phenoxy) is 1. The lowest BCUT2D eigenvalue weighted by Gasteiger charge is -2.38. The lowest BCUT2D eigenvalue weighted by molar-refractivity contribution is -0.118. The van der Waals surface area contributed by atoms with Crippen LogP contribution in [0.3, 0.4) is 0 Å². The van der Waals surface area contributed by atoms with Crippen molar-refractivity contribution in [3.63, 3.8) is 0 Å². The number of hydrogen-bond donors (Lipinski definition) is 2. The number of anilines is 1. The Morgan fingerprint density at radius 3 is 2.60 bits per heavy atom. The van der Waals surface area contributed by atoms with Crippen molar-refractivity contribution in [3.8, 4) is 5.75 Å². The van der Waals surface area contributed by atoms with Crippen molar-refractivity contribution < 1.29 is 9.53 Å². The number of nitrogens with zero attached hydrogens (tertiary/aromatic N) is 1. The second kappa shape index (κ2) is 5.48. The number of aromatic amines is 1. The van der Waals surface area contributed by atoms with Gasteiger partial charge >= 0.3 is 0 Å². The average Bonchev–Trinajstić information content (AvgIpc) is 2.93. The molecule has 5 nitrogen and oxygen atoms in total. The molecule has 25 heavy (non-hydrogen) atoms. The number of aromatic nitrogens is 2. The van der Waals surface area contributed by atoms with Crippen molar-refractivity contribution in [1.29, 1.82) is 0 Å². The maximum absolute atomic E-state index is 13.0. The number of carbonyl (C=O) groups is 1. The summed E-state index contributed by atoms with van der Waals surface area (Å²) in [5, 5.41) is 10.9. The first kappa shape index (κ1) is 15.9. The van der Waals surface area contributed by atoms with Gasteiger partial charge in [0.05, 0.1) is 7.11 Å². The highest BCUT2D eigenvalue weighted by atomic mass is 16.5. The first-order valence-electron chi connectivity index (χ1n) is 8.62. The third kappa shape index (κ3) is 2.54. The van der Waals surface area contributed by atoms with E-state index in [1.165, 1.54) is 0 Å². The standard InChI is InChI=1S/C20H23N3O2/c1-11-16-17(12-5-7-13(25-4)8-6-12)18-14(21-19(16)23-22-11)9-20(2,3)10-15(18)24/h5-8,17H,9-10H2,1-4H3,(H2,21,22,23)/t17-/m1/s1. The largest absolute Gasteiger partial charge is 0.497 e. The Bertz CT molecular complexity index is 875. The Kier molecular flexibility index (Phi) is 3.49. The zero-order valence-electron chi connectivity index (χ0n) is 15.1. The third-order valence-corrected chi connectivity index (χ3v) is 5.21. The number of allylic oxidation sites excluding steroid dienone is 2. The molecular formula is C20H23N3O2. The molecule has 0 spiro atoms. The van der Waals surface area contributed by atoms with E-state index >= 15 is 0 Å². The molecule has 1 aliphatic carbocycles. The molecule has 4 rings (SSSR count). The van der Waals surface area contributed by atoms with E-state index in [9.17, 15) is 4.79 Å². The van der Waals surface area contributed by atoms with Crippen molar-refractivity contribution in [2.24, 2.45) is 5.41 Å². The van der Waals surface area contributed by atoms with Crippen LogP contribution < -0.4 is 10.1 Å². The molecule has 1 aliphatic heterocycles. The van der Waals surface area contributed by atoms with Gasteiger partial charge in [0.1, 0.15) is 5.75 Å². The summed E-state index contributed by atoms with van der Waals surface area (Å²) in [6.45, 7) is 6.29. The Morgan fingerprint density at radius 2 is 1.92 bits per heavy atom. The van der Waals surface area contributed by atoms with Crippen LogP contribution in [0.4, 0.5) is 5.82 Å². The number of hydrogen-bond acceptors (Lipinski definition) is 4. The molecule has 1 aromatic carbocycles. The van der Waals surface area contributed by atoms with E-state index in [0.29, 0.717) is 6.42 Å². The fraction of sp³-hybridized carbons (Fsp3) is 0.400. The van der Waals surface area contributed by atoms with Crippen molar-refractivity contribution in [3.05, 3.63) is 52.4 Å². The van der Waals surface area contributed by atoms with Crippen LogP contribution in [0, 0.1) is 12.3 Å². The number of H-pyrrole nitrogens is 1. The van der Waals surface area contributed by atoms with Gasteiger partial charge in [0, 0.05) is 34.9 Å². The minimum absolute atomic E-state index is 0.0315. The Balaban J connectivity index is 1.89. The molecule has 2 N–H and O–H groups in total. The number of methoxy groups -OCH3 is 1. The first-order chi connectivity index (χ1) is 11.9. The van der Waals surface area contributed by atoms with Gasteiger partial charge in [0.2, 0.25) is 0 Å². The monoisotopic (exact) mass is 337 g/mol. The van der Waals surface area contributed by atoms with Gasteiger partial charge in [0.15, 0.2) is 11.6 Å². The van der Waals surface area contributed by atoms with Gasteiger partial charge in [-0.3, -0.25) is 9.89 Å². The molecule has 0 amide bonds. The number of aryl methyl sites for hydroxylation is 1. The average molecular weight is 337 g/mol. The van der Waals surface area contributed by atoms with E-state index in [-0.39, 0.29) is 17.1 Å². The summed E-state index contributed by atoms with van der Waals surface area (Å²) in [6, 6.07) is 7.99.